The van der Waals surface area contributed by atoms with E-state index in [2.05, 4.69) is 21.3 Å². The van der Waals surface area contributed by atoms with Gasteiger partial charge in [-0.25, -0.2) is 9.59 Å². The second-order valence-electron chi connectivity index (χ2n) is 16.0. The highest BCUT2D eigenvalue weighted by atomic mass is 19.4. The standard InChI is InChI=1S/C37H53F3N6O16/c1-35(2,3)62-33(52)43-15-23(47)30(50)44-21-13-22(45-34(53)57-16-18-9-11-19(12-10-18)46(55)56)27(60-24-8-6-7-20(59-24)14-42-32(51)37(38,39)40)25(48)28(21)61-31-26(49)29(41-5)36(4,54)17-58-31/h7,9-12,21-29,31,41,47-49,54H,6,8,13-17H2,1-5H3,(H,42,51)(H,43,52)(H,44,50)(H,45,53)/t21-,22+,23-,24-,25+,26-,27-,28+,29-,31-,36+/m1/s1. The second kappa shape index (κ2) is 21.0. The van der Waals surface area contributed by atoms with Crippen molar-refractivity contribution in [2.24, 2.45) is 0 Å². The van der Waals surface area contributed by atoms with E-state index < -0.39 is 121 Å². The van der Waals surface area contributed by atoms with Gasteiger partial charge in [0, 0.05) is 18.6 Å². The van der Waals surface area contributed by atoms with Crippen molar-refractivity contribution < 1.29 is 86.1 Å². The average molecular weight is 895 g/mol. The van der Waals surface area contributed by atoms with E-state index >= 15 is 0 Å². The van der Waals surface area contributed by atoms with Crippen molar-refractivity contribution in [1.29, 1.82) is 0 Å². The Morgan fingerprint density at radius 3 is 2.26 bits per heavy atom. The Morgan fingerprint density at radius 2 is 1.65 bits per heavy atom. The molecule has 1 saturated heterocycles. The van der Waals surface area contributed by atoms with Gasteiger partial charge in [0.15, 0.2) is 12.6 Å². The molecular formula is C37H53F3N6O16. The van der Waals surface area contributed by atoms with Gasteiger partial charge in [-0.15, -0.1) is 0 Å². The molecule has 22 nitrogen and oxygen atoms in total. The zero-order valence-electron chi connectivity index (χ0n) is 34.4. The van der Waals surface area contributed by atoms with Crippen molar-refractivity contribution in [3.8, 4) is 0 Å². The van der Waals surface area contributed by atoms with Gasteiger partial charge in [-0.3, -0.25) is 19.7 Å². The summed E-state index contributed by atoms with van der Waals surface area (Å²) in [5.74, 6) is -3.44. The summed E-state index contributed by atoms with van der Waals surface area (Å²) in [6.07, 6.45) is -17.5. The van der Waals surface area contributed by atoms with E-state index in [0.29, 0.717) is 5.56 Å². The minimum atomic E-state index is -5.17. The van der Waals surface area contributed by atoms with Crippen LogP contribution in [0.15, 0.2) is 36.1 Å². The molecule has 3 aliphatic rings. The number of allylic oxidation sites excluding steroid dienone is 1. The Morgan fingerprint density at radius 1 is 1.00 bits per heavy atom. The lowest BCUT2D eigenvalue weighted by molar-refractivity contribution is -0.384. The topological polar surface area (TPSA) is 308 Å². The summed E-state index contributed by atoms with van der Waals surface area (Å²) in [4.78, 5) is 60.8. The first-order valence-corrected chi connectivity index (χ1v) is 19.4. The molecule has 4 amide bonds. The number of hydrogen-bond donors (Lipinski definition) is 9. The van der Waals surface area contributed by atoms with Gasteiger partial charge >= 0.3 is 24.3 Å². The number of ether oxygens (including phenoxy) is 6. The van der Waals surface area contributed by atoms with Gasteiger partial charge in [0.1, 0.15) is 54.1 Å². The van der Waals surface area contributed by atoms with Crippen LogP contribution in [0.2, 0.25) is 0 Å². The fourth-order valence-corrected chi connectivity index (χ4v) is 6.79. The van der Waals surface area contributed by atoms with Crippen LogP contribution in [-0.4, -0.2) is 155 Å². The van der Waals surface area contributed by atoms with Gasteiger partial charge in [-0.05, 0) is 71.4 Å². The lowest BCUT2D eigenvalue weighted by Crippen LogP contribution is -2.70. The molecule has 9 N–H and O–H groups in total. The van der Waals surface area contributed by atoms with E-state index in [9.17, 15) is 62.9 Å². The third-order valence-electron chi connectivity index (χ3n) is 9.74. The number of likely N-dealkylation sites (N-methyl/N-ethyl adjacent to an activating group) is 1. The van der Waals surface area contributed by atoms with Gasteiger partial charge in [0.25, 0.3) is 11.6 Å². The zero-order chi connectivity index (χ0) is 46.2. The fraction of sp³-hybridized carbons (Fsp3) is 0.676. The Labute approximate surface area is 352 Å². The molecule has 2 fully saturated rings. The number of aliphatic hydroxyl groups is 4. The highest BCUT2D eigenvalue weighted by Crippen LogP contribution is 2.33. The third kappa shape index (κ3) is 14.1. The molecule has 348 valence electrons. The normalized spacial score (nSPS) is 29.5. The van der Waals surface area contributed by atoms with Crippen LogP contribution in [0.4, 0.5) is 28.4 Å². The van der Waals surface area contributed by atoms with Gasteiger partial charge in [-0.2, -0.15) is 13.2 Å². The first-order valence-electron chi connectivity index (χ1n) is 19.4. The van der Waals surface area contributed by atoms with Crippen LogP contribution in [-0.2, 0) is 44.6 Å². The van der Waals surface area contributed by atoms with Gasteiger partial charge < -0.3 is 75.4 Å². The predicted octanol–water partition coefficient (Wildman–Crippen LogP) is -0.150. The zero-order valence-corrected chi connectivity index (χ0v) is 34.4. The monoisotopic (exact) mass is 894 g/mol. The summed E-state index contributed by atoms with van der Waals surface area (Å²) in [5, 5.41) is 67.7. The van der Waals surface area contributed by atoms with Crippen LogP contribution in [0.1, 0.15) is 52.5 Å². The van der Waals surface area contributed by atoms with Crippen LogP contribution in [0, 0.1) is 10.1 Å². The molecule has 11 atom stereocenters. The molecule has 0 bridgehead atoms. The van der Waals surface area contributed by atoms with E-state index in [1.165, 1.54) is 44.3 Å². The summed E-state index contributed by atoms with van der Waals surface area (Å²) < 4.78 is 72.6. The van der Waals surface area contributed by atoms with Crippen LogP contribution in [0.5, 0.6) is 0 Å². The number of nitro groups is 1. The number of benzene rings is 1. The highest BCUT2D eigenvalue weighted by molar-refractivity contribution is 5.82. The molecule has 4 rings (SSSR count). The van der Waals surface area contributed by atoms with E-state index in [0.717, 1.165) is 0 Å². The number of hydrogen-bond acceptors (Lipinski definition) is 17. The maximum atomic E-state index is 13.4. The molecule has 2 heterocycles. The van der Waals surface area contributed by atoms with E-state index in [4.69, 9.17) is 28.4 Å². The number of alkyl halides is 3. The summed E-state index contributed by atoms with van der Waals surface area (Å²) in [7, 11) is 1.46. The molecule has 0 spiro atoms. The smallest absolute Gasteiger partial charge is 0.468 e. The predicted molar refractivity (Wildman–Crippen MR) is 203 cm³/mol. The molecule has 0 aromatic heterocycles. The van der Waals surface area contributed by atoms with Gasteiger partial charge in [-0.1, -0.05) is 0 Å². The molecule has 1 saturated carbocycles. The number of alkyl carbamates (subject to hydrolysis) is 2. The van der Waals surface area contributed by atoms with Crippen molar-refractivity contribution >= 4 is 29.7 Å². The molecule has 62 heavy (non-hydrogen) atoms. The minimum Gasteiger partial charge on any atom is -0.468 e. The van der Waals surface area contributed by atoms with E-state index in [1.54, 1.807) is 26.1 Å². The Bertz CT molecular complexity index is 1760. The van der Waals surface area contributed by atoms with Crippen molar-refractivity contribution in [2.45, 2.75) is 132 Å². The number of nitrogens with zero attached hydrogens (tertiary/aromatic N) is 1. The molecule has 0 radical (unpaired) electrons. The number of nitrogens with one attached hydrogen (secondary N) is 5. The molecule has 2 aliphatic heterocycles. The van der Waals surface area contributed by atoms with Gasteiger partial charge in [0.05, 0.1) is 42.7 Å². The van der Waals surface area contributed by atoms with Gasteiger partial charge in [0.2, 0.25) is 0 Å². The first-order chi connectivity index (χ1) is 28.9. The number of rotatable bonds is 15. The molecule has 1 aromatic carbocycles. The molecule has 25 heteroatoms. The molecule has 1 aromatic rings. The van der Waals surface area contributed by atoms with Crippen LogP contribution >= 0.6 is 0 Å². The summed E-state index contributed by atoms with van der Waals surface area (Å²) in [5.41, 5.74) is -2.36. The fourth-order valence-electron chi connectivity index (χ4n) is 6.79. The van der Waals surface area contributed by atoms with Crippen molar-refractivity contribution in [1.82, 2.24) is 26.6 Å². The minimum absolute atomic E-state index is 0.0587. The van der Waals surface area contributed by atoms with Crippen molar-refractivity contribution in [2.75, 3.05) is 26.7 Å². The molecule has 0 unspecified atom stereocenters. The first kappa shape index (κ1) is 49.8. The lowest BCUT2D eigenvalue weighted by Gasteiger charge is -2.49. The van der Waals surface area contributed by atoms with Crippen molar-refractivity contribution in [3.63, 3.8) is 0 Å². The number of halogens is 3. The quantitative estimate of drug-likeness (QED) is 0.0817. The molecule has 1 aliphatic carbocycles. The number of non-ortho nitro benzene ring substituents is 1. The number of carbonyl (C=O) groups is 4. The van der Waals surface area contributed by atoms with Crippen LogP contribution in [0.3, 0.4) is 0 Å². The number of carbonyl (C=O) groups excluding carboxylic acids is 4. The summed E-state index contributed by atoms with van der Waals surface area (Å²) in [6, 6.07) is 1.33. The third-order valence-corrected chi connectivity index (χ3v) is 9.74. The van der Waals surface area contributed by atoms with Crippen LogP contribution in [0.25, 0.3) is 0 Å². The largest absolute Gasteiger partial charge is 0.471 e. The van der Waals surface area contributed by atoms with Crippen molar-refractivity contribution in [3.05, 3.63) is 51.8 Å². The number of nitro benzene ring substituents is 1. The Balaban J connectivity index is 1.61. The second-order valence-corrected chi connectivity index (χ2v) is 16.0. The average Bonchev–Trinajstić information content (AvgIpc) is 3.18. The summed E-state index contributed by atoms with van der Waals surface area (Å²) >= 11 is 0. The van der Waals surface area contributed by atoms with E-state index in [1.807, 2.05) is 0 Å². The number of aliphatic hydroxyl groups excluding tert-OH is 3. The highest BCUT2D eigenvalue weighted by Gasteiger charge is 2.53. The Kier molecular flexibility index (Phi) is 16.8. The van der Waals surface area contributed by atoms with E-state index in [-0.39, 0.29) is 43.9 Å². The van der Waals surface area contributed by atoms with Crippen LogP contribution < -0.4 is 26.6 Å². The molecular weight excluding hydrogens is 841 g/mol. The maximum absolute atomic E-state index is 13.4. The summed E-state index contributed by atoms with van der Waals surface area (Å²) in [6.45, 7) is 4.10. The maximum Gasteiger partial charge on any atom is 0.471 e. The SMILES string of the molecule is CN[C@@H]1[C@@H](O)[C@@H](O[C@@H]2[C@@H](O)[C@H](O[C@@H]3CCC=C(CNC(=O)C(F)(F)F)O3)[C@@H](NC(=O)OCc3ccc([N+](=O)[O-])cc3)C[C@H]2NC(=O)[C@H](O)CNC(=O)OC(C)(C)C)OC[C@]1(C)O. The lowest BCUT2D eigenvalue weighted by atomic mass is 9.83. The Hall–Kier alpha value is -4.89. The number of amides is 4.